The molecule has 2 heteroatoms. The minimum Gasteiger partial charge on any atom is -0.396 e. The highest BCUT2D eigenvalue weighted by atomic mass is 16.3. The van der Waals surface area contributed by atoms with Crippen molar-refractivity contribution in [3.63, 3.8) is 0 Å². The summed E-state index contributed by atoms with van der Waals surface area (Å²) in [4.78, 5) is 4.66. The van der Waals surface area contributed by atoms with Gasteiger partial charge in [-0.05, 0) is 45.9 Å². The Bertz CT molecular complexity index is 687. The highest BCUT2D eigenvalue weighted by Crippen LogP contribution is 2.38. The molecule has 0 bridgehead atoms. The molecule has 2 atom stereocenters. The number of aliphatic hydroxyl groups excluding tert-OH is 1. The first-order valence-electron chi connectivity index (χ1n) is 7.83. The third-order valence-electron chi connectivity index (χ3n) is 4.63. The summed E-state index contributed by atoms with van der Waals surface area (Å²) in [6, 6.07) is 11.2. The van der Waals surface area contributed by atoms with Crippen molar-refractivity contribution in [2.45, 2.75) is 45.1 Å². The molecule has 110 valence electrons. The zero-order valence-corrected chi connectivity index (χ0v) is 13.0. The third-order valence-corrected chi connectivity index (χ3v) is 4.63. The van der Waals surface area contributed by atoms with E-state index in [2.05, 4.69) is 56.1 Å². The van der Waals surface area contributed by atoms with Crippen molar-refractivity contribution in [1.82, 2.24) is 0 Å². The van der Waals surface area contributed by atoms with Gasteiger partial charge in [0, 0.05) is 18.7 Å². The second-order valence-electron chi connectivity index (χ2n) is 6.32. The molecule has 0 spiro atoms. The molecule has 1 aliphatic rings. The molecule has 0 radical (unpaired) electrons. The number of fused-ring (bicyclic) bond motifs is 3. The lowest BCUT2D eigenvalue weighted by Gasteiger charge is -2.28. The van der Waals surface area contributed by atoms with Gasteiger partial charge in [0.2, 0.25) is 0 Å². The molecule has 2 nitrogen and oxygen atoms in total. The number of nitrogens with zero attached hydrogens (tertiary/aromatic N) is 1. The standard InChI is InChI=1S/C19H23NO/c1-12(2)17-10-14-11-20-18(8-9-21)13(3)19(14)16-7-5-4-6-15(16)17/h4-7,10-13,18,21H,8-9H2,1-3H3. The fourth-order valence-corrected chi connectivity index (χ4v) is 3.50. The second kappa shape index (κ2) is 5.61. The van der Waals surface area contributed by atoms with Crippen LogP contribution in [-0.4, -0.2) is 24.0 Å². The predicted octanol–water partition coefficient (Wildman–Crippen LogP) is 4.25. The normalized spacial score (nSPS) is 21.0. The highest BCUT2D eigenvalue weighted by Gasteiger charge is 2.26. The monoisotopic (exact) mass is 281 g/mol. The van der Waals surface area contributed by atoms with Crippen molar-refractivity contribution >= 4 is 17.0 Å². The van der Waals surface area contributed by atoms with Crippen LogP contribution < -0.4 is 0 Å². The largest absolute Gasteiger partial charge is 0.396 e. The van der Waals surface area contributed by atoms with E-state index in [-0.39, 0.29) is 12.6 Å². The summed E-state index contributed by atoms with van der Waals surface area (Å²) >= 11 is 0. The van der Waals surface area contributed by atoms with E-state index in [1.54, 1.807) is 0 Å². The topological polar surface area (TPSA) is 32.6 Å². The van der Waals surface area contributed by atoms with Gasteiger partial charge in [-0.15, -0.1) is 0 Å². The van der Waals surface area contributed by atoms with Gasteiger partial charge in [-0.25, -0.2) is 0 Å². The summed E-state index contributed by atoms with van der Waals surface area (Å²) < 4.78 is 0. The minimum atomic E-state index is 0.191. The van der Waals surface area contributed by atoms with Crippen molar-refractivity contribution in [3.8, 4) is 0 Å². The third kappa shape index (κ3) is 2.38. The lowest BCUT2D eigenvalue weighted by Crippen LogP contribution is -2.22. The Kier molecular flexibility index (Phi) is 3.81. The van der Waals surface area contributed by atoms with Gasteiger partial charge in [-0.1, -0.05) is 45.0 Å². The van der Waals surface area contributed by atoms with Gasteiger partial charge < -0.3 is 5.11 Å². The summed E-state index contributed by atoms with van der Waals surface area (Å²) in [5.41, 5.74) is 4.03. The fraction of sp³-hybridized carbons (Fsp3) is 0.421. The lowest BCUT2D eigenvalue weighted by molar-refractivity contribution is 0.269. The van der Waals surface area contributed by atoms with E-state index in [0.717, 1.165) is 6.42 Å². The average molecular weight is 281 g/mol. The van der Waals surface area contributed by atoms with E-state index in [1.807, 2.05) is 6.21 Å². The second-order valence-corrected chi connectivity index (χ2v) is 6.32. The van der Waals surface area contributed by atoms with Gasteiger partial charge in [0.15, 0.2) is 0 Å². The maximum Gasteiger partial charge on any atom is 0.0587 e. The van der Waals surface area contributed by atoms with Gasteiger partial charge in [0.05, 0.1) is 6.04 Å². The van der Waals surface area contributed by atoms with E-state index in [4.69, 9.17) is 0 Å². The van der Waals surface area contributed by atoms with Crippen LogP contribution >= 0.6 is 0 Å². The zero-order valence-electron chi connectivity index (χ0n) is 13.0. The van der Waals surface area contributed by atoms with Crippen LogP contribution in [0.3, 0.4) is 0 Å². The van der Waals surface area contributed by atoms with Gasteiger partial charge >= 0.3 is 0 Å². The molecule has 0 fully saturated rings. The highest BCUT2D eigenvalue weighted by molar-refractivity contribution is 5.98. The van der Waals surface area contributed by atoms with E-state index in [0.29, 0.717) is 11.8 Å². The molecule has 1 aliphatic heterocycles. The molecule has 21 heavy (non-hydrogen) atoms. The number of hydrogen-bond acceptors (Lipinski definition) is 2. The first kappa shape index (κ1) is 14.3. The van der Waals surface area contributed by atoms with Crippen molar-refractivity contribution in [3.05, 3.63) is 47.0 Å². The molecule has 3 rings (SSSR count). The molecule has 0 aliphatic carbocycles. The van der Waals surface area contributed by atoms with Crippen molar-refractivity contribution in [2.75, 3.05) is 6.61 Å². The van der Waals surface area contributed by atoms with Crippen LogP contribution in [0.15, 0.2) is 35.3 Å². The van der Waals surface area contributed by atoms with Crippen LogP contribution in [0.25, 0.3) is 10.8 Å². The zero-order chi connectivity index (χ0) is 15.0. The Morgan fingerprint density at radius 1 is 1.19 bits per heavy atom. The van der Waals surface area contributed by atoms with E-state index >= 15 is 0 Å². The van der Waals surface area contributed by atoms with Gasteiger partial charge in [-0.2, -0.15) is 0 Å². The molecular weight excluding hydrogens is 258 g/mol. The Morgan fingerprint density at radius 3 is 2.57 bits per heavy atom. The molecule has 2 aromatic carbocycles. The van der Waals surface area contributed by atoms with Crippen molar-refractivity contribution in [2.24, 2.45) is 4.99 Å². The van der Waals surface area contributed by atoms with Crippen LogP contribution in [0.5, 0.6) is 0 Å². The molecule has 2 unspecified atom stereocenters. The SMILES string of the molecule is CC(C)c1cc2c(c3ccccc13)C(C)C(CCO)N=C2. The average Bonchev–Trinajstić information content (AvgIpc) is 2.49. The van der Waals surface area contributed by atoms with Crippen molar-refractivity contribution in [1.29, 1.82) is 0 Å². The van der Waals surface area contributed by atoms with Crippen molar-refractivity contribution < 1.29 is 5.11 Å². The molecule has 0 saturated heterocycles. The molecule has 2 aromatic rings. The van der Waals surface area contributed by atoms with Crippen LogP contribution in [0.2, 0.25) is 0 Å². The summed E-state index contributed by atoms with van der Waals surface area (Å²) in [6.07, 6.45) is 2.74. The van der Waals surface area contributed by atoms with Gasteiger partial charge in [0.25, 0.3) is 0 Å². The fourth-order valence-electron chi connectivity index (χ4n) is 3.50. The maximum absolute atomic E-state index is 9.24. The molecule has 0 amide bonds. The smallest absolute Gasteiger partial charge is 0.0587 e. The number of benzene rings is 2. The van der Waals surface area contributed by atoms with E-state index in [1.165, 1.54) is 27.5 Å². The minimum absolute atomic E-state index is 0.191. The summed E-state index contributed by atoms with van der Waals surface area (Å²) in [5, 5.41) is 11.9. The Balaban J connectivity index is 2.25. The first-order chi connectivity index (χ1) is 10.1. The number of hydrogen-bond donors (Lipinski definition) is 1. The van der Waals surface area contributed by atoms with Crippen LogP contribution in [0.4, 0.5) is 0 Å². The number of rotatable bonds is 3. The summed E-state index contributed by atoms with van der Waals surface area (Å²) in [6.45, 7) is 6.92. The number of aliphatic imine (C=N–C) groups is 1. The lowest BCUT2D eigenvalue weighted by atomic mass is 9.80. The first-order valence-corrected chi connectivity index (χ1v) is 7.83. The molecular formula is C19H23NO. The number of aliphatic hydroxyl groups is 1. The quantitative estimate of drug-likeness (QED) is 0.896. The Morgan fingerprint density at radius 2 is 1.90 bits per heavy atom. The summed E-state index contributed by atoms with van der Waals surface area (Å²) in [7, 11) is 0. The van der Waals surface area contributed by atoms with Crippen LogP contribution in [-0.2, 0) is 0 Å². The van der Waals surface area contributed by atoms with E-state index < -0.39 is 0 Å². The van der Waals surface area contributed by atoms with Gasteiger partial charge in [0.1, 0.15) is 0 Å². The molecule has 1 heterocycles. The summed E-state index contributed by atoms with van der Waals surface area (Å²) in [5.74, 6) is 0.849. The molecule has 1 N–H and O–H groups in total. The van der Waals surface area contributed by atoms with Gasteiger partial charge in [-0.3, -0.25) is 4.99 Å². The predicted molar refractivity (Wildman–Crippen MR) is 89.5 cm³/mol. The molecule has 0 saturated carbocycles. The van der Waals surface area contributed by atoms with Crippen LogP contribution in [0.1, 0.15) is 55.7 Å². The Labute approximate surface area is 126 Å². The molecule has 0 aromatic heterocycles. The van der Waals surface area contributed by atoms with Crippen LogP contribution in [0, 0.1) is 0 Å². The maximum atomic E-state index is 9.24. The van der Waals surface area contributed by atoms with E-state index in [9.17, 15) is 5.11 Å². The Hall–Kier alpha value is -1.67.